The van der Waals surface area contributed by atoms with Crippen LogP contribution in [0.3, 0.4) is 0 Å². The van der Waals surface area contributed by atoms with Crippen LogP contribution in [0.5, 0.6) is 0 Å². The van der Waals surface area contributed by atoms with Crippen LogP contribution in [0.15, 0.2) is 36.6 Å². The van der Waals surface area contributed by atoms with Gasteiger partial charge in [-0.05, 0) is 19.4 Å². The SMILES string of the molecule is C=C=C(C(C)=O)c1ccc(C)cc1. The zero-order valence-corrected chi connectivity index (χ0v) is 7.92. The van der Waals surface area contributed by atoms with Crippen molar-refractivity contribution in [1.82, 2.24) is 0 Å². The van der Waals surface area contributed by atoms with Gasteiger partial charge in [-0.3, -0.25) is 4.79 Å². The van der Waals surface area contributed by atoms with E-state index in [1.54, 1.807) is 0 Å². The summed E-state index contributed by atoms with van der Waals surface area (Å²) in [7, 11) is 0. The molecule has 13 heavy (non-hydrogen) atoms. The van der Waals surface area contributed by atoms with Crippen LogP contribution < -0.4 is 0 Å². The second kappa shape index (κ2) is 3.88. The number of benzene rings is 1. The van der Waals surface area contributed by atoms with Crippen molar-refractivity contribution in [2.45, 2.75) is 13.8 Å². The molecule has 0 N–H and O–H groups in total. The summed E-state index contributed by atoms with van der Waals surface area (Å²) in [5.41, 5.74) is 5.27. The van der Waals surface area contributed by atoms with Crippen LogP contribution >= 0.6 is 0 Å². The lowest BCUT2D eigenvalue weighted by Gasteiger charge is -2.00. The normalized spacial score (nSPS) is 9.08. The summed E-state index contributed by atoms with van der Waals surface area (Å²) in [6.07, 6.45) is 0. The van der Waals surface area contributed by atoms with Crippen LogP contribution in [0.2, 0.25) is 0 Å². The van der Waals surface area contributed by atoms with Gasteiger partial charge < -0.3 is 0 Å². The lowest BCUT2D eigenvalue weighted by Crippen LogP contribution is -1.94. The van der Waals surface area contributed by atoms with Gasteiger partial charge in [-0.15, -0.1) is 5.73 Å². The minimum absolute atomic E-state index is 0.00106. The molecule has 0 atom stereocenters. The topological polar surface area (TPSA) is 17.1 Å². The van der Waals surface area contributed by atoms with Crippen molar-refractivity contribution in [2.24, 2.45) is 0 Å². The molecule has 66 valence electrons. The fraction of sp³-hybridized carbons (Fsp3) is 0.167. The van der Waals surface area contributed by atoms with Crippen LogP contribution in [0.25, 0.3) is 5.57 Å². The van der Waals surface area contributed by atoms with E-state index in [0.29, 0.717) is 5.57 Å². The summed E-state index contributed by atoms with van der Waals surface area (Å²) in [5, 5.41) is 0. The summed E-state index contributed by atoms with van der Waals surface area (Å²) in [5.74, 6) is -0.00106. The second-order valence-electron chi connectivity index (χ2n) is 2.97. The minimum atomic E-state index is -0.00106. The molecule has 1 aromatic rings. The van der Waals surface area contributed by atoms with Crippen LogP contribution in [0, 0.1) is 6.92 Å². The Morgan fingerprint density at radius 3 is 2.23 bits per heavy atom. The second-order valence-corrected chi connectivity index (χ2v) is 2.97. The molecule has 1 aromatic carbocycles. The number of Topliss-reactive ketones (excluding diaryl/α,β-unsaturated/α-hetero) is 1. The molecule has 0 aliphatic carbocycles. The smallest absolute Gasteiger partial charge is 0.168 e. The third kappa shape index (κ3) is 2.17. The molecule has 0 fully saturated rings. The van der Waals surface area contributed by atoms with Gasteiger partial charge >= 0.3 is 0 Å². The monoisotopic (exact) mass is 172 g/mol. The fourth-order valence-corrected chi connectivity index (χ4v) is 1.15. The van der Waals surface area contributed by atoms with Crippen molar-refractivity contribution < 1.29 is 4.79 Å². The Bertz CT molecular complexity index is 365. The number of carbonyl (C=O) groups excluding carboxylic acids is 1. The molecule has 0 amide bonds. The Labute approximate surface area is 78.4 Å². The zero-order valence-electron chi connectivity index (χ0n) is 7.92. The number of hydrogen-bond acceptors (Lipinski definition) is 1. The lowest BCUT2D eigenvalue weighted by atomic mass is 10.0. The Kier molecular flexibility index (Phi) is 2.84. The largest absolute Gasteiger partial charge is 0.294 e. The predicted octanol–water partition coefficient (Wildman–Crippen LogP) is 2.75. The Balaban J connectivity index is 3.15. The molecular formula is C12H12O. The van der Waals surface area contributed by atoms with E-state index in [9.17, 15) is 4.79 Å². The number of ketones is 1. The maximum Gasteiger partial charge on any atom is 0.168 e. The van der Waals surface area contributed by atoms with Gasteiger partial charge in [0, 0.05) is 0 Å². The predicted molar refractivity (Wildman–Crippen MR) is 54.4 cm³/mol. The number of hydrogen-bond donors (Lipinski definition) is 0. The van der Waals surface area contributed by atoms with Crippen LogP contribution in [-0.4, -0.2) is 5.78 Å². The van der Waals surface area contributed by atoms with Crippen molar-refractivity contribution in [1.29, 1.82) is 0 Å². The Morgan fingerprint density at radius 1 is 1.31 bits per heavy atom. The molecular weight excluding hydrogens is 160 g/mol. The van der Waals surface area contributed by atoms with Crippen molar-refractivity contribution >= 4 is 11.4 Å². The highest BCUT2D eigenvalue weighted by Gasteiger charge is 2.04. The maximum absolute atomic E-state index is 11.1. The van der Waals surface area contributed by atoms with E-state index in [1.165, 1.54) is 12.5 Å². The summed E-state index contributed by atoms with van der Waals surface area (Å²) >= 11 is 0. The zero-order chi connectivity index (χ0) is 9.84. The van der Waals surface area contributed by atoms with Gasteiger partial charge in [-0.1, -0.05) is 36.4 Å². The van der Waals surface area contributed by atoms with Crippen molar-refractivity contribution in [2.75, 3.05) is 0 Å². The van der Waals surface area contributed by atoms with Gasteiger partial charge in [0.15, 0.2) is 5.78 Å². The molecule has 0 radical (unpaired) electrons. The molecule has 0 bridgehead atoms. The third-order valence-corrected chi connectivity index (χ3v) is 1.87. The van der Waals surface area contributed by atoms with Crippen LogP contribution in [0.4, 0.5) is 0 Å². The first-order valence-corrected chi connectivity index (χ1v) is 4.13. The van der Waals surface area contributed by atoms with Crippen molar-refractivity contribution in [3.05, 3.63) is 47.7 Å². The van der Waals surface area contributed by atoms with E-state index >= 15 is 0 Å². The van der Waals surface area contributed by atoms with E-state index < -0.39 is 0 Å². The van der Waals surface area contributed by atoms with E-state index in [0.717, 1.165) is 5.56 Å². The van der Waals surface area contributed by atoms with Gasteiger partial charge in [0.2, 0.25) is 0 Å². The minimum Gasteiger partial charge on any atom is -0.294 e. The van der Waals surface area contributed by atoms with Crippen molar-refractivity contribution in [3.63, 3.8) is 0 Å². The number of carbonyl (C=O) groups is 1. The summed E-state index contributed by atoms with van der Waals surface area (Å²) in [4.78, 5) is 11.1. The van der Waals surface area contributed by atoms with E-state index in [1.807, 2.05) is 31.2 Å². The molecule has 0 saturated carbocycles. The number of allylic oxidation sites excluding steroid dienone is 1. The third-order valence-electron chi connectivity index (χ3n) is 1.87. The molecule has 1 heteroatoms. The standard InChI is InChI=1S/C12H12O/c1-4-12(10(3)13)11-7-5-9(2)6-8-11/h5-8H,1H2,2-3H3. The quantitative estimate of drug-likeness (QED) is 0.495. The Morgan fingerprint density at radius 2 is 1.85 bits per heavy atom. The van der Waals surface area contributed by atoms with Gasteiger partial charge in [-0.2, -0.15) is 0 Å². The number of aryl methyl sites for hydroxylation is 1. The highest BCUT2D eigenvalue weighted by Crippen LogP contribution is 2.14. The molecule has 0 aliphatic rings. The highest BCUT2D eigenvalue weighted by molar-refractivity contribution is 6.19. The number of rotatable bonds is 2. The fourth-order valence-electron chi connectivity index (χ4n) is 1.15. The van der Waals surface area contributed by atoms with Gasteiger partial charge in [0.1, 0.15) is 0 Å². The van der Waals surface area contributed by atoms with E-state index in [4.69, 9.17) is 0 Å². The summed E-state index contributed by atoms with van der Waals surface area (Å²) < 4.78 is 0. The first-order valence-electron chi connectivity index (χ1n) is 4.13. The van der Waals surface area contributed by atoms with Gasteiger partial charge in [-0.25, -0.2) is 0 Å². The molecule has 0 heterocycles. The Hall–Kier alpha value is -1.59. The van der Waals surface area contributed by atoms with Gasteiger partial charge in [0.25, 0.3) is 0 Å². The first kappa shape index (κ1) is 9.50. The molecule has 0 unspecified atom stereocenters. The van der Waals surface area contributed by atoms with E-state index in [-0.39, 0.29) is 5.78 Å². The molecule has 0 spiro atoms. The van der Waals surface area contributed by atoms with E-state index in [2.05, 4.69) is 12.3 Å². The molecule has 1 nitrogen and oxygen atoms in total. The van der Waals surface area contributed by atoms with Gasteiger partial charge in [0.05, 0.1) is 5.57 Å². The van der Waals surface area contributed by atoms with Crippen LogP contribution in [0.1, 0.15) is 18.1 Å². The van der Waals surface area contributed by atoms with Crippen LogP contribution in [-0.2, 0) is 4.79 Å². The first-order chi connectivity index (χ1) is 6.15. The molecule has 0 aliphatic heterocycles. The molecule has 0 aromatic heterocycles. The average Bonchev–Trinajstić information content (AvgIpc) is 2.09. The average molecular weight is 172 g/mol. The summed E-state index contributed by atoms with van der Waals surface area (Å²) in [6, 6.07) is 7.75. The van der Waals surface area contributed by atoms with Crippen molar-refractivity contribution in [3.8, 4) is 0 Å². The summed E-state index contributed by atoms with van der Waals surface area (Å²) in [6.45, 7) is 7.03. The lowest BCUT2D eigenvalue weighted by molar-refractivity contribution is -0.111. The maximum atomic E-state index is 11.1. The molecule has 0 saturated heterocycles. The molecule has 1 rings (SSSR count). The highest BCUT2D eigenvalue weighted by atomic mass is 16.1.